The first kappa shape index (κ1) is 18.6. The van der Waals surface area contributed by atoms with Gasteiger partial charge in [0.1, 0.15) is 6.54 Å². The van der Waals surface area contributed by atoms with E-state index in [2.05, 4.69) is 11.9 Å². The predicted molar refractivity (Wildman–Crippen MR) is 103 cm³/mol. The average molecular weight is 357 g/mol. The summed E-state index contributed by atoms with van der Waals surface area (Å²) < 4.78 is 5.20. The van der Waals surface area contributed by atoms with Crippen LogP contribution in [0.2, 0.25) is 0 Å². The number of pyridine rings is 1. The van der Waals surface area contributed by atoms with Crippen molar-refractivity contribution in [1.29, 1.82) is 0 Å². The fourth-order valence-corrected chi connectivity index (χ4v) is 3.88. The van der Waals surface area contributed by atoms with Crippen molar-refractivity contribution in [3.05, 3.63) is 45.2 Å². The largest absolute Gasteiger partial charge is 0.462 e. The van der Waals surface area contributed by atoms with Crippen LogP contribution in [0.15, 0.2) is 23.0 Å². The Morgan fingerprint density at radius 3 is 2.92 bits per heavy atom. The molecule has 1 saturated heterocycles. The molecule has 0 aliphatic carbocycles. The topological polar surface area (TPSA) is 63.6 Å². The minimum atomic E-state index is -0.370. The zero-order valence-electron chi connectivity index (χ0n) is 16.0. The molecule has 26 heavy (non-hydrogen) atoms. The molecule has 1 unspecified atom stereocenters. The number of aromatic amines is 1. The summed E-state index contributed by atoms with van der Waals surface area (Å²) in [5, 5.41) is 0.570. The van der Waals surface area contributed by atoms with E-state index in [1.165, 1.54) is 17.7 Å². The summed E-state index contributed by atoms with van der Waals surface area (Å²) in [7, 11) is 0. The zero-order chi connectivity index (χ0) is 18.7. The molecule has 1 fully saturated rings. The fourth-order valence-electron chi connectivity index (χ4n) is 3.88. The van der Waals surface area contributed by atoms with Gasteiger partial charge in [0.2, 0.25) is 0 Å². The summed E-state index contributed by atoms with van der Waals surface area (Å²) in [6.07, 6.45) is 3.27. The van der Waals surface area contributed by atoms with Gasteiger partial charge >= 0.3 is 5.97 Å². The number of quaternary nitrogens is 1. The van der Waals surface area contributed by atoms with Crippen molar-refractivity contribution < 1.29 is 14.4 Å². The number of aromatic nitrogens is 1. The molecule has 2 atom stereocenters. The SMILES string of the molecule is CCCOC(=O)c1ccc2[nH]c(C)c(C[NH+]3CCC[C@@H](C)C3)c(=O)c2c1. The molecule has 1 aromatic heterocycles. The van der Waals surface area contributed by atoms with Crippen LogP contribution in [0.25, 0.3) is 10.9 Å². The van der Waals surface area contributed by atoms with Crippen molar-refractivity contribution in [2.75, 3.05) is 19.7 Å². The number of nitrogens with one attached hydrogen (secondary N) is 2. The number of piperidine rings is 1. The molecule has 140 valence electrons. The van der Waals surface area contributed by atoms with Crippen molar-refractivity contribution in [3.8, 4) is 0 Å². The number of ether oxygens (including phenoxy) is 1. The molecule has 0 saturated carbocycles. The molecule has 1 aliphatic rings. The Balaban J connectivity index is 1.94. The summed E-state index contributed by atoms with van der Waals surface area (Å²) in [5.41, 5.74) is 3.00. The van der Waals surface area contributed by atoms with E-state index in [1.807, 2.05) is 13.8 Å². The van der Waals surface area contributed by atoms with E-state index in [-0.39, 0.29) is 11.4 Å². The summed E-state index contributed by atoms with van der Waals surface area (Å²) in [6, 6.07) is 5.18. The van der Waals surface area contributed by atoms with Crippen molar-refractivity contribution in [1.82, 2.24) is 4.98 Å². The lowest BCUT2D eigenvalue weighted by molar-refractivity contribution is -0.922. The van der Waals surface area contributed by atoms with E-state index in [0.717, 1.165) is 42.8 Å². The number of hydrogen-bond acceptors (Lipinski definition) is 3. The fraction of sp³-hybridized carbons (Fsp3) is 0.524. The quantitative estimate of drug-likeness (QED) is 0.807. The molecule has 0 bridgehead atoms. The van der Waals surface area contributed by atoms with Crippen LogP contribution in [0.1, 0.15) is 54.7 Å². The molecule has 5 heteroatoms. The lowest BCUT2D eigenvalue weighted by Crippen LogP contribution is -3.12. The second-order valence-electron chi connectivity index (χ2n) is 7.58. The average Bonchev–Trinajstić information content (AvgIpc) is 2.63. The van der Waals surface area contributed by atoms with E-state index in [9.17, 15) is 9.59 Å². The molecule has 0 spiro atoms. The second-order valence-corrected chi connectivity index (χ2v) is 7.58. The maximum atomic E-state index is 13.1. The minimum Gasteiger partial charge on any atom is -0.462 e. The van der Waals surface area contributed by atoms with E-state index in [1.54, 1.807) is 18.2 Å². The Hall–Kier alpha value is -2.14. The van der Waals surface area contributed by atoms with Crippen LogP contribution < -0.4 is 10.3 Å². The van der Waals surface area contributed by atoms with Gasteiger partial charge in [-0.15, -0.1) is 0 Å². The van der Waals surface area contributed by atoms with Gasteiger partial charge in [-0.25, -0.2) is 4.79 Å². The lowest BCUT2D eigenvalue weighted by atomic mass is 9.99. The third-order valence-corrected chi connectivity index (χ3v) is 5.28. The number of benzene rings is 1. The Labute approximate surface area is 154 Å². The van der Waals surface area contributed by atoms with E-state index in [4.69, 9.17) is 4.74 Å². The monoisotopic (exact) mass is 357 g/mol. The molecule has 5 nitrogen and oxygen atoms in total. The first-order valence-electron chi connectivity index (χ1n) is 9.65. The Kier molecular flexibility index (Phi) is 5.77. The molecule has 0 radical (unpaired) electrons. The van der Waals surface area contributed by atoms with Gasteiger partial charge < -0.3 is 14.6 Å². The Bertz CT molecular complexity index is 856. The lowest BCUT2D eigenvalue weighted by Gasteiger charge is -2.28. The third-order valence-electron chi connectivity index (χ3n) is 5.28. The van der Waals surface area contributed by atoms with E-state index < -0.39 is 0 Å². The highest BCUT2D eigenvalue weighted by Gasteiger charge is 2.22. The smallest absolute Gasteiger partial charge is 0.338 e. The number of rotatable bonds is 5. The van der Waals surface area contributed by atoms with Crippen LogP contribution in [0.4, 0.5) is 0 Å². The molecule has 0 amide bonds. The molecular weight excluding hydrogens is 328 g/mol. The Morgan fingerprint density at radius 1 is 1.38 bits per heavy atom. The van der Waals surface area contributed by atoms with Gasteiger partial charge in [0, 0.05) is 22.5 Å². The van der Waals surface area contributed by atoms with E-state index >= 15 is 0 Å². The number of H-pyrrole nitrogens is 1. The van der Waals surface area contributed by atoms with Gasteiger partial charge in [0.15, 0.2) is 5.43 Å². The number of fused-ring (bicyclic) bond motifs is 1. The predicted octanol–water partition coefficient (Wildman–Crippen LogP) is 2.22. The first-order valence-corrected chi connectivity index (χ1v) is 9.65. The number of carbonyl (C=O) groups excluding carboxylic acids is 1. The Morgan fingerprint density at radius 2 is 2.19 bits per heavy atom. The van der Waals surface area contributed by atoms with Crippen molar-refractivity contribution in [2.24, 2.45) is 5.92 Å². The summed E-state index contributed by atoms with van der Waals surface area (Å²) in [5.74, 6) is 0.337. The number of carbonyl (C=O) groups is 1. The summed E-state index contributed by atoms with van der Waals surface area (Å²) in [4.78, 5) is 30.0. The van der Waals surface area contributed by atoms with Gasteiger partial charge in [0.05, 0.1) is 30.8 Å². The molecule has 3 rings (SSSR count). The van der Waals surface area contributed by atoms with Crippen LogP contribution in [-0.2, 0) is 11.3 Å². The van der Waals surface area contributed by atoms with Gasteiger partial charge in [-0.05, 0) is 44.4 Å². The third kappa shape index (κ3) is 3.98. The van der Waals surface area contributed by atoms with Crippen LogP contribution in [0, 0.1) is 12.8 Å². The maximum absolute atomic E-state index is 13.1. The molecule has 2 aromatic rings. The van der Waals surface area contributed by atoms with Crippen LogP contribution in [-0.4, -0.2) is 30.6 Å². The molecule has 1 aromatic carbocycles. The van der Waals surface area contributed by atoms with Crippen LogP contribution in [0.3, 0.4) is 0 Å². The second kappa shape index (κ2) is 8.04. The highest BCUT2D eigenvalue weighted by atomic mass is 16.5. The minimum absolute atomic E-state index is 0.0344. The summed E-state index contributed by atoms with van der Waals surface area (Å²) in [6.45, 7) is 9.56. The van der Waals surface area contributed by atoms with Crippen molar-refractivity contribution in [2.45, 2.75) is 46.6 Å². The highest BCUT2D eigenvalue weighted by molar-refractivity contribution is 5.94. The van der Waals surface area contributed by atoms with Crippen LogP contribution in [0.5, 0.6) is 0 Å². The number of hydrogen-bond donors (Lipinski definition) is 2. The normalized spacial score (nSPS) is 20.3. The zero-order valence-corrected chi connectivity index (χ0v) is 16.0. The molecular formula is C21H29N2O3+. The van der Waals surface area contributed by atoms with Gasteiger partial charge in [-0.3, -0.25) is 4.79 Å². The highest BCUT2D eigenvalue weighted by Crippen LogP contribution is 2.15. The van der Waals surface area contributed by atoms with Crippen LogP contribution >= 0.6 is 0 Å². The molecule has 2 N–H and O–H groups in total. The van der Waals surface area contributed by atoms with Gasteiger partial charge in [-0.2, -0.15) is 0 Å². The number of likely N-dealkylation sites (tertiary alicyclic amines) is 1. The number of aryl methyl sites for hydroxylation is 1. The standard InChI is InChI=1S/C21H28N2O3/c1-4-10-26-21(25)16-7-8-19-17(11-16)20(24)18(15(3)22-19)13-23-9-5-6-14(2)12-23/h7-8,11,14H,4-6,9-10,12-13H2,1-3H3,(H,22,24)/p+1/t14-/m1/s1. The van der Waals surface area contributed by atoms with Crippen molar-refractivity contribution in [3.63, 3.8) is 0 Å². The molecule has 2 heterocycles. The van der Waals surface area contributed by atoms with Crippen molar-refractivity contribution >= 4 is 16.9 Å². The summed E-state index contributed by atoms with van der Waals surface area (Å²) >= 11 is 0. The maximum Gasteiger partial charge on any atom is 0.338 e. The van der Waals surface area contributed by atoms with Gasteiger partial charge in [0.25, 0.3) is 0 Å². The van der Waals surface area contributed by atoms with E-state index in [0.29, 0.717) is 23.5 Å². The molecule has 1 aliphatic heterocycles. The number of esters is 1. The first-order chi connectivity index (χ1) is 12.5. The van der Waals surface area contributed by atoms with Gasteiger partial charge in [-0.1, -0.05) is 13.8 Å².